The smallest absolute Gasteiger partial charge is 0.291 e. The molecule has 1 amide bonds. The third kappa shape index (κ3) is 5.57. The van der Waals surface area contributed by atoms with Crippen molar-refractivity contribution < 1.29 is 13.6 Å². The Hall–Kier alpha value is -3.32. The van der Waals surface area contributed by atoms with E-state index in [0.29, 0.717) is 33.6 Å². The topological polar surface area (TPSA) is 48.7 Å². The Bertz CT molecular complexity index is 1370. The molecule has 0 aliphatic carbocycles. The highest BCUT2D eigenvalue weighted by Gasteiger charge is 2.19. The van der Waals surface area contributed by atoms with Crippen LogP contribution in [0, 0.1) is 5.82 Å². The molecule has 184 valence electrons. The lowest BCUT2D eigenvalue weighted by molar-refractivity contribution is 0.0997. The Balaban J connectivity index is 1.17. The minimum atomic E-state index is -0.353. The molecule has 36 heavy (non-hydrogen) atoms. The zero-order chi connectivity index (χ0) is 25.1. The largest absolute Gasteiger partial charge is 0.451 e. The van der Waals surface area contributed by atoms with Crippen molar-refractivity contribution in [2.24, 2.45) is 0 Å². The van der Waals surface area contributed by atoms with Gasteiger partial charge in [0.15, 0.2) is 5.76 Å². The predicted molar refractivity (Wildman–Crippen MR) is 142 cm³/mol. The van der Waals surface area contributed by atoms with Crippen LogP contribution in [-0.2, 0) is 6.54 Å². The third-order valence-corrected chi connectivity index (χ3v) is 6.80. The molecule has 1 saturated heterocycles. The van der Waals surface area contributed by atoms with E-state index < -0.39 is 0 Å². The maximum atomic E-state index is 13.9. The number of benzene rings is 3. The van der Waals surface area contributed by atoms with E-state index in [0.717, 1.165) is 37.4 Å². The first-order chi connectivity index (χ1) is 17.5. The van der Waals surface area contributed by atoms with Gasteiger partial charge in [-0.05, 0) is 60.7 Å². The summed E-state index contributed by atoms with van der Waals surface area (Å²) in [6.07, 6.45) is 0. The number of carbonyl (C=O) groups excluding carboxylic acids is 1. The van der Waals surface area contributed by atoms with Crippen LogP contribution < -0.4 is 10.2 Å². The van der Waals surface area contributed by atoms with E-state index in [4.69, 9.17) is 27.6 Å². The number of hydrogen-bond acceptors (Lipinski definition) is 4. The van der Waals surface area contributed by atoms with Crippen molar-refractivity contribution in [1.82, 2.24) is 4.90 Å². The molecule has 0 unspecified atom stereocenters. The first-order valence-electron chi connectivity index (χ1n) is 11.6. The first kappa shape index (κ1) is 24.4. The molecule has 0 radical (unpaired) electrons. The van der Waals surface area contributed by atoms with Crippen molar-refractivity contribution >= 4 is 40.5 Å². The Morgan fingerprint density at radius 1 is 0.917 bits per heavy atom. The summed E-state index contributed by atoms with van der Waals surface area (Å²) in [4.78, 5) is 17.3. The molecule has 1 N–H and O–H groups in total. The van der Waals surface area contributed by atoms with Crippen LogP contribution in [0.1, 0.15) is 16.1 Å². The predicted octanol–water partition coefficient (Wildman–Crippen LogP) is 6.97. The maximum absolute atomic E-state index is 13.9. The van der Waals surface area contributed by atoms with Crippen LogP contribution in [0.4, 0.5) is 15.8 Å². The highest BCUT2D eigenvalue weighted by molar-refractivity contribution is 6.35. The average molecular weight is 524 g/mol. The fourth-order valence-electron chi connectivity index (χ4n) is 4.27. The molecular formula is C28H24Cl2FN3O2. The minimum absolute atomic E-state index is 0.156. The lowest BCUT2D eigenvalue weighted by atomic mass is 10.1. The standard InChI is InChI=1S/C28H24Cl2FN3O2/c29-20-5-10-24(30)23(17-20)26-11-12-27(36-26)28(35)32-21-6-8-22(9-7-21)34-15-13-33(14-16-34)18-19-3-1-2-4-25(19)31/h1-12,17H,13-16,18H2,(H,32,35). The van der Waals surface area contributed by atoms with E-state index >= 15 is 0 Å². The van der Waals surface area contributed by atoms with Gasteiger partial charge in [0.2, 0.25) is 0 Å². The summed E-state index contributed by atoms with van der Waals surface area (Å²) in [6.45, 7) is 4.01. The van der Waals surface area contributed by atoms with Gasteiger partial charge in [0.1, 0.15) is 11.6 Å². The van der Waals surface area contributed by atoms with Crippen molar-refractivity contribution in [3.63, 3.8) is 0 Å². The van der Waals surface area contributed by atoms with Crippen molar-refractivity contribution in [3.05, 3.63) is 106 Å². The number of halogens is 3. The molecule has 0 saturated carbocycles. The van der Waals surface area contributed by atoms with E-state index in [1.54, 1.807) is 36.4 Å². The molecule has 0 bridgehead atoms. The molecular weight excluding hydrogens is 500 g/mol. The molecule has 1 fully saturated rings. The van der Waals surface area contributed by atoms with Crippen molar-refractivity contribution in [3.8, 4) is 11.3 Å². The molecule has 3 aromatic carbocycles. The molecule has 4 aromatic rings. The van der Waals surface area contributed by atoms with Crippen molar-refractivity contribution in [2.75, 3.05) is 36.4 Å². The van der Waals surface area contributed by atoms with Gasteiger partial charge in [0.05, 0.1) is 5.02 Å². The van der Waals surface area contributed by atoms with Gasteiger partial charge in [-0.25, -0.2) is 4.39 Å². The number of anilines is 2. The van der Waals surface area contributed by atoms with E-state index in [1.807, 2.05) is 36.4 Å². The van der Waals surface area contributed by atoms with Gasteiger partial charge >= 0.3 is 0 Å². The van der Waals surface area contributed by atoms with Crippen LogP contribution >= 0.6 is 23.2 Å². The average Bonchev–Trinajstić information content (AvgIpc) is 3.38. The first-order valence-corrected chi connectivity index (χ1v) is 12.4. The van der Waals surface area contributed by atoms with Gasteiger partial charge in [0.25, 0.3) is 5.91 Å². The molecule has 2 heterocycles. The highest BCUT2D eigenvalue weighted by atomic mass is 35.5. The summed E-state index contributed by atoms with van der Waals surface area (Å²) < 4.78 is 19.7. The monoisotopic (exact) mass is 523 g/mol. The van der Waals surface area contributed by atoms with Crippen LogP contribution in [-0.4, -0.2) is 37.0 Å². The van der Waals surface area contributed by atoms with Crippen LogP contribution in [0.2, 0.25) is 10.0 Å². The zero-order valence-corrected chi connectivity index (χ0v) is 20.9. The van der Waals surface area contributed by atoms with Crippen LogP contribution in [0.5, 0.6) is 0 Å². The second-order valence-electron chi connectivity index (χ2n) is 8.64. The van der Waals surface area contributed by atoms with Gasteiger partial charge < -0.3 is 14.6 Å². The molecule has 5 nitrogen and oxygen atoms in total. The molecule has 1 aliphatic rings. The summed E-state index contributed by atoms with van der Waals surface area (Å²) in [7, 11) is 0. The number of furan rings is 1. The summed E-state index contributed by atoms with van der Waals surface area (Å²) >= 11 is 12.3. The second-order valence-corrected chi connectivity index (χ2v) is 9.49. The highest BCUT2D eigenvalue weighted by Crippen LogP contribution is 2.32. The molecule has 0 spiro atoms. The quantitative estimate of drug-likeness (QED) is 0.296. The SMILES string of the molecule is O=C(Nc1ccc(N2CCN(Cc3ccccc3F)CC2)cc1)c1ccc(-c2cc(Cl)ccc2Cl)o1. The summed E-state index contributed by atoms with van der Waals surface area (Å²) in [5.41, 5.74) is 3.10. The number of piperazine rings is 1. The van der Waals surface area contributed by atoms with E-state index in [2.05, 4.69) is 15.1 Å². The minimum Gasteiger partial charge on any atom is -0.451 e. The molecule has 1 aromatic heterocycles. The molecule has 8 heteroatoms. The fourth-order valence-corrected chi connectivity index (χ4v) is 4.65. The van der Waals surface area contributed by atoms with Gasteiger partial charge in [-0.2, -0.15) is 0 Å². The molecule has 1 aliphatic heterocycles. The number of carbonyl (C=O) groups is 1. The number of nitrogens with zero attached hydrogens (tertiary/aromatic N) is 2. The van der Waals surface area contributed by atoms with E-state index in [9.17, 15) is 9.18 Å². The second kappa shape index (κ2) is 10.7. The van der Waals surface area contributed by atoms with E-state index in [-0.39, 0.29) is 17.5 Å². The van der Waals surface area contributed by atoms with Gasteiger partial charge in [-0.15, -0.1) is 0 Å². The van der Waals surface area contributed by atoms with Crippen LogP contribution in [0.3, 0.4) is 0 Å². The Morgan fingerprint density at radius 3 is 2.42 bits per heavy atom. The number of nitrogens with one attached hydrogen (secondary N) is 1. The van der Waals surface area contributed by atoms with Gasteiger partial charge in [-0.1, -0.05) is 41.4 Å². The van der Waals surface area contributed by atoms with Crippen LogP contribution in [0.15, 0.2) is 83.3 Å². The van der Waals surface area contributed by atoms with Crippen molar-refractivity contribution in [2.45, 2.75) is 6.54 Å². The van der Waals surface area contributed by atoms with E-state index in [1.165, 1.54) is 6.07 Å². The van der Waals surface area contributed by atoms with Gasteiger partial charge in [-0.3, -0.25) is 9.69 Å². The number of hydrogen-bond donors (Lipinski definition) is 1. The number of amides is 1. The zero-order valence-electron chi connectivity index (χ0n) is 19.4. The lowest BCUT2D eigenvalue weighted by Crippen LogP contribution is -2.46. The van der Waals surface area contributed by atoms with Gasteiger partial charge in [0, 0.05) is 60.2 Å². The van der Waals surface area contributed by atoms with Crippen LogP contribution in [0.25, 0.3) is 11.3 Å². The summed E-state index contributed by atoms with van der Waals surface area (Å²) in [5.74, 6) is 0.138. The normalized spacial score (nSPS) is 14.1. The maximum Gasteiger partial charge on any atom is 0.291 e. The van der Waals surface area contributed by atoms with Crippen molar-refractivity contribution in [1.29, 1.82) is 0 Å². The third-order valence-electron chi connectivity index (χ3n) is 6.24. The molecule has 5 rings (SSSR count). The lowest BCUT2D eigenvalue weighted by Gasteiger charge is -2.36. The number of rotatable bonds is 6. The fraction of sp³-hybridized carbons (Fsp3) is 0.179. The Morgan fingerprint density at radius 2 is 1.67 bits per heavy atom. The Kier molecular flexibility index (Phi) is 7.28. The summed E-state index contributed by atoms with van der Waals surface area (Å²) in [5, 5.41) is 3.89. The molecule has 0 atom stereocenters. The summed E-state index contributed by atoms with van der Waals surface area (Å²) in [6, 6.07) is 23.0. The Labute approximate surface area is 219 Å².